The van der Waals surface area contributed by atoms with Crippen LogP contribution >= 0.6 is 11.8 Å². The first-order valence-electron chi connectivity index (χ1n) is 7.39. The van der Waals surface area contributed by atoms with E-state index in [0.717, 1.165) is 42.9 Å². The van der Waals surface area contributed by atoms with Gasteiger partial charge in [-0.15, -0.1) is 0 Å². The summed E-state index contributed by atoms with van der Waals surface area (Å²) >= 11 is 1.97. The molecule has 3 rings (SSSR count). The molecule has 0 spiro atoms. The molecule has 2 fully saturated rings. The molecule has 2 aliphatic rings. The monoisotopic (exact) mass is 293 g/mol. The van der Waals surface area contributed by atoms with Crippen molar-refractivity contribution in [3.8, 4) is 11.5 Å². The van der Waals surface area contributed by atoms with E-state index >= 15 is 0 Å². The number of hydrogen-bond donors (Lipinski definition) is 1. The molecule has 1 aromatic rings. The van der Waals surface area contributed by atoms with Gasteiger partial charge in [-0.05, 0) is 55.6 Å². The summed E-state index contributed by atoms with van der Waals surface area (Å²) in [4.78, 5) is 0. The fourth-order valence-electron chi connectivity index (χ4n) is 2.65. The van der Waals surface area contributed by atoms with E-state index in [1.165, 1.54) is 17.7 Å². The van der Waals surface area contributed by atoms with Crippen LogP contribution in [0.1, 0.15) is 31.2 Å². The summed E-state index contributed by atoms with van der Waals surface area (Å²) in [6.45, 7) is 0. The van der Waals surface area contributed by atoms with Crippen molar-refractivity contribution in [3.05, 3.63) is 23.8 Å². The van der Waals surface area contributed by atoms with Gasteiger partial charge >= 0.3 is 0 Å². The average Bonchev–Trinajstić information content (AvgIpc) is 3.19. The molecule has 1 aliphatic carbocycles. The maximum Gasteiger partial charge on any atom is 0.161 e. The van der Waals surface area contributed by atoms with Gasteiger partial charge in [0, 0.05) is 11.3 Å². The zero-order chi connectivity index (χ0) is 14.0. The van der Waals surface area contributed by atoms with E-state index in [1.807, 2.05) is 17.8 Å². The second-order valence-electron chi connectivity index (χ2n) is 5.98. The standard InChI is InChI=1S/C16H23NO2S/c1-18-15-9-12(10-16(17)6-7-16)4-5-14(15)19-13-3-2-8-20-11-13/h4-5,9,13H,2-3,6-8,10-11,17H2,1H3. The van der Waals surface area contributed by atoms with Crippen molar-refractivity contribution in [2.75, 3.05) is 18.6 Å². The number of benzene rings is 1. The Labute approximate surface area is 125 Å². The Morgan fingerprint density at radius 2 is 2.20 bits per heavy atom. The van der Waals surface area contributed by atoms with Crippen molar-refractivity contribution in [2.24, 2.45) is 5.73 Å². The van der Waals surface area contributed by atoms with Crippen LogP contribution in [0.4, 0.5) is 0 Å². The summed E-state index contributed by atoms with van der Waals surface area (Å²) < 4.78 is 11.6. The van der Waals surface area contributed by atoms with Crippen LogP contribution in [-0.2, 0) is 6.42 Å². The molecule has 1 heterocycles. The molecule has 1 aliphatic heterocycles. The van der Waals surface area contributed by atoms with Gasteiger partial charge in [0.1, 0.15) is 6.10 Å². The van der Waals surface area contributed by atoms with E-state index in [0.29, 0.717) is 6.10 Å². The van der Waals surface area contributed by atoms with Crippen LogP contribution in [0.2, 0.25) is 0 Å². The largest absolute Gasteiger partial charge is 0.493 e. The average molecular weight is 293 g/mol. The Kier molecular flexibility index (Phi) is 4.13. The molecule has 0 bridgehead atoms. The van der Waals surface area contributed by atoms with E-state index in [1.54, 1.807) is 7.11 Å². The summed E-state index contributed by atoms with van der Waals surface area (Å²) in [6.07, 6.45) is 5.90. The second kappa shape index (κ2) is 5.86. The Hall–Kier alpha value is -0.870. The van der Waals surface area contributed by atoms with Crippen molar-refractivity contribution in [2.45, 2.75) is 43.7 Å². The Morgan fingerprint density at radius 3 is 2.85 bits per heavy atom. The van der Waals surface area contributed by atoms with Crippen LogP contribution in [0.3, 0.4) is 0 Å². The van der Waals surface area contributed by atoms with Gasteiger partial charge in [-0.1, -0.05) is 6.07 Å². The Balaban J connectivity index is 1.69. The lowest BCUT2D eigenvalue weighted by Crippen LogP contribution is -2.25. The number of thioether (sulfide) groups is 1. The molecule has 0 amide bonds. The van der Waals surface area contributed by atoms with E-state index in [-0.39, 0.29) is 5.54 Å². The number of ether oxygens (including phenoxy) is 2. The molecule has 1 aromatic carbocycles. The predicted molar refractivity (Wildman–Crippen MR) is 83.8 cm³/mol. The summed E-state index contributed by atoms with van der Waals surface area (Å²) in [5.41, 5.74) is 7.46. The molecular formula is C16H23NO2S. The number of nitrogens with two attached hydrogens (primary N) is 1. The Bertz CT molecular complexity index is 468. The number of hydrogen-bond acceptors (Lipinski definition) is 4. The van der Waals surface area contributed by atoms with E-state index in [2.05, 4.69) is 12.1 Å². The van der Waals surface area contributed by atoms with E-state index in [9.17, 15) is 0 Å². The molecule has 4 heteroatoms. The van der Waals surface area contributed by atoms with Crippen LogP contribution in [0, 0.1) is 0 Å². The van der Waals surface area contributed by atoms with Gasteiger partial charge in [0.25, 0.3) is 0 Å². The van der Waals surface area contributed by atoms with Crippen LogP contribution in [0.15, 0.2) is 18.2 Å². The smallest absolute Gasteiger partial charge is 0.161 e. The summed E-state index contributed by atoms with van der Waals surface area (Å²) in [5.74, 6) is 4.04. The first-order chi connectivity index (χ1) is 9.68. The summed E-state index contributed by atoms with van der Waals surface area (Å²) in [7, 11) is 1.71. The lowest BCUT2D eigenvalue weighted by atomic mass is 10.0. The van der Waals surface area contributed by atoms with Crippen molar-refractivity contribution in [3.63, 3.8) is 0 Å². The topological polar surface area (TPSA) is 44.5 Å². The fraction of sp³-hybridized carbons (Fsp3) is 0.625. The second-order valence-corrected chi connectivity index (χ2v) is 7.13. The van der Waals surface area contributed by atoms with Gasteiger partial charge in [0.2, 0.25) is 0 Å². The van der Waals surface area contributed by atoms with E-state index in [4.69, 9.17) is 15.2 Å². The molecule has 20 heavy (non-hydrogen) atoms. The van der Waals surface area contributed by atoms with Gasteiger partial charge in [0.15, 0.2) is 11.5 Å². The lowest BCUT2D eigenvalue weighted by molar-refractivity contribution is 0.202. The zero-order valence-electron chi connectivity index (χ0n) is 12.1. The predicted octanol–water partition coefficient (Wildman–Crippen LogP) is 3.00. The van der Waals surface area contributed by atoms with Crippen LogP contribution in [-0.4, -0.2) is 30.3 Å². The maximum atomic E-state index is 6.18. The van der Waals surface area contributed by atoms with Crippen LogP contribution < -0.4 is 15.2 Å². The van der Waals surface area contributed by atoms with Gasteiger partial charge in [-0.2, -0.15) is 11.8 Å². The molecule has 1 atom stereocenters. The molecule has 0 radical (unpaired) electrons. The van der Waals surface area contributed by atoms with Gasteiger partial charge in [-0.25, -0.2) is 0 Å². The number of rotatable bonds is 5. The number of methoxy groups -OCH3 is 1. The fourth-order valence-corrected chi connectivity index (χ4v) is 3.68. The highest BCUT2D eigenvalue weighted by molar-refractivity contribution is 7.99. The van der Waals surface area contributed by atoms with Gasteiger partial charge < -0.3 is 15.2 Å². The molecule has 110 valence electrons. The highest BCUT2D eigenvalue weighted by atomic mass is 32.2. The quantitative estimate of drug-likeness (QED) is 0.906. The van der Waals surface area contributed by atoms with Crippen molar-refractivity contribution >= 4 is 11.8 Å². The SMILES string of the molecule is COc1cc(CC2(N)CC2)ccc1OC1CCCSC1. The first kappa shape index (κ1) is 14.1. The Morgan fingerprint density at radius 1 is 1.35 bits per heavy atom. The first-order valence-corrected chi connectivity index (χ1v) is 8.54. The summed E-state index contributed by atoms with van der Waals surface area (Å²) in [6, 6.07) is 6.25. The van der Waals surface area contributed by atoms with Crippen molar-refractivity contribution < 1.29 is 9.47 Å². The lowest BCUT2D eigenvalue weighted by Gasteiger charge is -2.24. The van der Waals surface area contributed by atoms with E-state index < -0.39 is 0 Å². The molecule has 2 N–H and O–H groups in total. The van der Waals surface area contributed by atoms with Crippen LogP contribution in [0.5, 0.6) is 11.5 Å². The minimum atomic E-state index is 0.0351. The maximum absolute atomic E-state index is 6.18. The third-order valence-corrected chi connectivity index (χ3v) is 5.27. The highest BCUT2D eigenvalue weighted by Crippen LogP contribution is 2.38. The highest BCUT2D eigenvalue weighted by Gasteiger charge is 2.38. The van der Waals surface area contributed by atoms with Gasteiger partial charge in [0.05, 0.1) is 7.11 Å². The molecule has 1 saturated heterocycles. The third kappa shape index (κ3) is 3.41. The molecule has 3 nitrogen and oxygen atoms in total. The normalized spacial score (nSPS) is 24.2. The van der Waals surface area contributed by atoms with Crippen molar-refractivity contribution in [1.82, 2.24) is 0 Å². The minimum absolute atomic E-state index is 0.0351. The minimum Gasteiger partial charge on any atom is -0.493 e. The van der Waals surface area contributed by atoms with Gasteiger partial charge in [-0.3, -0.25) is 0 Å². The molecule has 1 unspecified atom stereocenters. The zero-order valence-corrected chi connectivity index (χ0v) is 12.9. The summed E-state index contributed by atoms with van der Waals surface area (Å²) in [5, 5.41) is 0. The third-order valence-electron chi connectivity index (χ3n) is 4.09. The molecule has 0 aromatic heterocycles. The molecule has 1 saturated carbocycles. The molecular weight excluding hydrogens is 270 g/mol. The van der Waals surface area contributed by atoms with Crippen molar-refractivity contribution in [1.29, 1.82) is 0 Å². The van der Waals surface area contributed by atoms with Crippen LogP contribution in [0.25, 0.3) is 0 Å².